The lowest BCUT2D eigenvalue weighted by molar-refractivity contribution is 0.669. The quantitative estimate of drug-likeness (QED) is 0.839. The summed E-state index contributed by atoms with van der Waals surface area (Å²) >= 11 is 0. The van der Waals surface area contributed by atoms with Crippen molar-refractivity contribution in [1.29, 1.82) is 0 Å². The zero-order valence-electron chi connectivity index (χ0n) is 10.0. The molecule has 88 valence electrons. The van der Waals surface area contributed by atoms with Crippen LogP contribution in [-0.2, 0) is 0 Å². The van der Waals surface area contributed by atoms with Crippen LogP contribution in [0.4, 0.5) is 5.69 Å². The molecule has 0 aliphatic heterocycles. The monoisotopic (exact) mass is 228 g/mol. The first-order valence-corrected chi connectivity index (χ1v) is 5.51. The van der Waals surface area contributed by atoms with E-state index < -0.39 is 0 Å². The largest absolute Gasteiger partial charge is 0.398 e. The van der Waals surface area contributed by atoms with E-state index in [1.54, 1.807) is 18.5 Å². The van der Waals surface area contributed by atoms with Crippen molar-refractivity contribution in [2.45, 2.75) is 13.0 Å². The van der Waals surface area contributed by atoms with Crippen LogP contribution in [0, 0.1) is 6.92 Å². The molecule has 0 spiro atoms. The van der Waals surface area contributed by atoms with Gasteiger partial charge in [0, 0.05) is 29.8 Å². The lowest BCUT2D eigenvalue weighted by atomic mass is 10.0. The maximum absolute atomic E-state index is 5.96. The molecule has 4 nitrogen and oxygen atoms in total. The van der Waals surface area contributed by atoms with Crippen LogP contribution in [0.1, 0.15) is 22.9 Å². The molecule has 0 amide bonds. The highest BCUT2D eigenvalue weighted by atomic mass is 14.9. The Kier molecular flexibility index (Phi) is 3.35. The summed E-state index contributed by atoms with van der Waals surface area (Å²) in [4.78, 5) is 8.50. The number of anilines is 1. The fourth-order valence-electron chi connectivity index (χ4n) is 1.84. The number of hydrogen-bond donors (Lipinski definition) is 2. The number of aryl methyl sites for hydroxylation is 1. The number of nitrogens with zero attached hydrogens (tertiary/aromatic N) is 2. The van der Waals surface area contributed by atoms with Crippen LogP contribution in [0.5, 0.6) is 0 Å². The topological polar surface area (TPSA) is 63.8 Å². The Bertz CT molecular complexity index is 510. The van der Waals surface area contributed by atoms with Crippen LogP contribution in [0.25, 0.3) is 0 Å². The molecule has 1 atom stereocenters. The van der Waals surface area contributed by atoms with E-state index >= 15 is 0 Å². The predicted octanol–water partition coefficient (Wildman–Crippen LogP) is 1.68. The van der Waals surface area contributed by atoms with Crippen LogP contribution in [0.3, 0.4) is 0 Å². The Morgan fingerprint density at radius 2 is 2.12 bits per heavy atom. The van der Waals surface area contributed by atoms with E-state index in [9.17, 15) is 0 Å². The lowest BCUT2D eigenvalue weighted by Gasteiger charge is -2.17. The van der Waals surface area contributed by atoms with E-state index in [1.807, 2.05) is 32.3 Å². The molecule has 4 heteroatoms. The van der Waals surface area contributed by atoms with Gasteiger partial charge in [-0.25, -0.2) is 0 Å². The summed E-state index contributed by atoms with van der Waals surface area (Å²) in [6, 6.07) is 5.80. The third kappa shape index (κ3) is 2.42. The van der Waals surface area contributed by atoms with Crippen molar-refractivity contribution in [2.24, 2.45) is 0 Å². The van der Waals surface area contributed by atoms with E-state index in [4.69, 9.17) is 5.73 Å². The highest BCUT2D eigenvalue weighted by molar-refractivity contribution is 5.48. The summed E-state index contributed by atoms with van der Waals surface area (Å²) in [7, 11) is 1.89. The molecule has 0 bridgehead atoms. The third-order valence-electron chi connectivity index (χ3n) is 2.72. The van der Waals surface area contributed by atoms with Gasteiger partial charge in [0.15, 0.2) is 0 Å². The number of rotatable bonds is 3. The number of hydrogen-bond acceptors (Lipinski definition) is 4. The maximum Gasteiger partial charge on any atom is 0.0784 e. The average molecular weight is 228 g/mol. The smallest absolute Gasteiger partial charge is 0.0784 e. The van der Waals surface area contributed by atoms with Gasteiger partial charge in [0.05, 0.1) is 11.7 Å². The van der Waals surface area contributed by atoms with Crippen LogP contribution in [0.2, 0.25) is 0 Å². The summed E-state index contributed by atoms with van der Waals surface area (Å²) in [5.41, 5.74) is 9.77. The van der Waals surface area contributed by atoms with Crippen molar-refractivity contribution in [1.82, 2.24) is 15.3 Å². The summed E-state index contributed by atoms with van der Waals surface area (Å²) in [6.07, 6.45) is 5.28. The minimum absolute atomic E-state index is 0.0244. The Balaban J connectivity index is 2.44. The van der Waals surface area contributed by atoms with Crippen LogP contribution in [0.15, 0.2) is 36.8 Å². The van der Waals surface area contributed by atoms with Crippen molar-refractivity contribution in [2.75, 3.05) is 12.8 Å². The highest BCUT2D eigenvalue weighted by Crippen LogP contribution is 2.24. The first-order valence-electron chi connectivity index (χ1n) is 5.51. The van der Waals surface area contributed by atoms with Gasteiger partial charge in [0.1, 0.15) is 0 Å². The van der Waals surface area contributed by atoms with E-state index in [-0.39, 0.29) is 6.04 Å². The van der Waals surface area contributed by atoms with Gasteiger partial charge in [-0.1, -0.05) is 0 Å². The number of nitrogen functional groups attached to an aromatic ring is 1. The van der Waals surface area contributed by atoms with Crippen molar-refractivity contribution in [3.63, 3.8) is 0 Å². The van der Waals surface area contributed by atoms with Gasteiger partial charge in [0.25, 0.3) is 0 Å². The van der Waals surface area contributed by atoms with E-state index in [0.29, 0.717) is 0 Å². The molecular weight excluding hydrogens is 212 g/mol. The van der Waals surface area contributed by atoms with E-state index in [2.05, 4.69) is 15.3 Å². The molecule has 2 rings (SSSR count). The van der Waals surface area contributed by atoms with Crippen molar-refractivity contribution >= 4 is 5.69 Å². The first-order chi connectivity index (χ1) is 8.22. The highest BCUT2D eigenvalue weighted by Gasteiger charge is 2.15. The van der Waals surface area contributed by atoms with Crippen LogP contribution >= 0.6 is 0 Å². The second-order valence-electron chi connectivity index (χ2n) is 3.98. The molecule has 0 aliphatic carbocycles. The van der Waals surface area contributed by atoms with E-state index in [0.717, 1.165) is 16.9 Å². The van der Waals surface area contributed by atoms with Gasteiger partial charge in [-0.05, 0) is 37.7 Å². The second kappa shape index (κ2) is 4.93. The maximum atomic E-state index is 5.96. The van der Waals surface area contributed by atoms with E-state index in [1.165, 1.54) is 5.56 Å². The van der Waals surface area contributed by atoms with Gasteiger partial charge >= 0.3 is 0 Å². The Hall–Kier alpha value is -1.94. The van der Waals surface area contributed by atoms with Crippen LogP contribution < -0.4 is 11.1 Å². The minimum Gasteiger partial charge on any atom is -0.398 e. The predicted molar refractivity (Wildman–Crippen MR) is 68.5 cm³/mol. The Morgan fingerprint density at radius 1 is 1.29 bits per heavy atom. The lowest BCUT2D eigenvalue weighted by Crippen LogP contribution is -2.20. The molecule has 2 heterocycles. The number of nitrogens with one attached hydrogen (secondary N) is 1. The standard InChI is InChI=1S/C13H16N4/c1-9-3-6-17-12(7-9)13(15-2)10-8-16-5-4-11(10)14/h3-8,13,15H,1-2H3,(H2,14,16). The zero-order chi connectivity index (χ0) is 12.3. The number of aromatic nitrogens is 2. The van der Waals surface area contributed by atoms with Crippen molar-refractivity contribution in [3.05, 3.63) is 53.6 Å². The second-order valence-corrected chi connectivity index (χ2v) is 3.98. The van der Waals surface area contributed by atoms with Crippen molar-refractivity contribution < 1.29 is 0 Å². The van der Waals surface area contributed by atoms with Gasteiger partial charge in [0.2, 0.25) is 0 Å². The molecule has 17 heavy (non-hydrogen) atoms. The molecule has 0 saturated heterocycles. The molecule has 1 unspecified atom stereocenters. The third-order valence-corrected chi connectivity index (χ3v) is 2.72. The fraction of sp³-hybridized carbons (Fsp3) is 0.231. The molecular formula is C13H16N4. The molecule has 0 radical (unpaired) electrons. The Morgan fingerprint density at radius 3 is 2.76 bits per heavy atom. The number of pyridine rings is 2. The zero-order valence-corrected chi connectivity index (χ0v) is 10.0. The van der Waals surface area contributed by atoms with Crippen molar-refractivity contribution in [3.8, 4) is 0 Å². The molecule has 0 aliphatic rings. The van der Waals surface area contributed by atoms with Gasteiger partial charge in [-0.2, -0.15) is 0 Å². The van der Waals surface area contributed by atoms with Gasteiger partial charge in [-0.3, -0.25) is 9.97 Å². The van der Waals surface area contributed by atoms with Crippen LogP contribution in [-0.4, -0.2) is 17.0 Å². The SMILES string of the molecule is CNC(c1cc(C)ccn1)c1cnccc1N. The first kappa shape index (κ1) is 11.5. The summed E-state index contributed by atoms with van der Waals surface area (Å²) in [5, 5.41) is 3.22. The molecule has 0 fully saturated rings. The molecule has 3 N–H and O–H groups in total. The summed E-state index contributed by atoms with van der Waals surface area (Å²) in [5.74, 6) is 0. The molecule has 2 aromatic rings. The minimum atomic E-state index is -0.0244. The molecule has 0 saturated carbocycles. The normalized spacial score (nSPS) is 12.4. The van der Waals surface area contributed by atoms with Gasteiger partial charge < -0.3 is 11.1 Å². The van der Waals surface area contributed by atoms with Gasteiger partial charge in [-0.15, -0.1) is 0 Å². The Labute approximate surface area is 101 Å². The number of nitrogens with two attached hydrogens (primary N) is 1. The summed E-state index contributed by atoms with van der Waals surface area (Å²) in [6.45, 7) is 2.05. The average Bonchev–Trinajstić information content (AvgIpc) is 2.33. The molecule has 2 aromatic heterocycles. The summed E-state index contributed by atoms with van der Waals surface area (Å²) < 4.78 is 0. The molecule has 0 aromatic carbocycles. The fourth-order valence-corrected chi connectivity index (χ4v) is 1.84.